The highest BCUT2D eigenvalue weighted by Gasteiger charge is 2.52. The second kappa shape index (κ2) is 19.4. The topological polar surface area (TPSA) is 185 Å². The maximum Gasteiger partial charge on any atom is 0.318 e. The number of carbonyl (C=O) groups excluding carboxylic acids is 2. The van der Waals surface area contributed by atoms with Gasteiger partial charge in [0.15, 0.2) is 0 Å². The Morgan fingerprint density at radius 3 is 2.09 bits per heavy atom. The van der Waals surface area contributed by atoms with Gasteiger partial charge < -0.3 is 49.3 Å². The number of hydrogen-bond donors (Lipinski definition) is 3. The van der Waals surface area contributed by atoms with Gasteiger partial charge in [0, 0.05) is 79.4 Å². The van der Waals surface area contributed by atoms with Gasteiger partial charge in [-0.25, -0.2) is 4.39 Å². The molecular weight excluding hydrogens is 1020 g/mol. The lowest BCUT2D eigenvalue weighted by atomic mass is 9.93. The molecule has 0 radical (unpaired) electrons. The van der Waals surface area contributed by atoms with Crippen LogP contribution in [0.3, 0.4) is 0 Å². The van der Waals surface area contributed by atoms with Gasteiger partial charge in [-0.2, -0.15) is 19.9 Å². The molecule has 4 atom stereocenters. The van der Waals surface area contributed by atoms with E-state index >= 15 is 9.18 Å². The third-order valence-electron chi connectivity index (χ3n) is 19.6. The van der Waals surface area contributed by atoms with Gasteiger partial charge in [-0.15, -0.1) is 0 Å². The van der Waals surface area contributed by atoms with Crippen LogP contribution in [-0.4, -0.2) is 147 Å². The quantitative estimate of drug-likeness (QED) is 0.107. The molecule has 0 spiro atoms. The number of anilines is 4. The number of phenols is 2. The van der Waals surface area contributed by atoms with Crippen molar-refractivity contribution in [3.63, 3.8) is 0 Å². The summed E-state index contributed by atoms with van der Waals surface area (Å²) in [7, 11) is 0. The van der Waals surface area contributed by atoms with E-state index in [1.54, 1.807) is 28.0 Å². The van der Waals surface area contributed by atoms with Crippen LogP contribution in [0.25, 0.3) is 21.5 Å². The van der Waals surface area contributed by atoms with Gasteiger partial charge in [-0.1, -0.05) is 37.3 Å². The summed E-state index contributed by atoms with van der Waals surface area (Å²) in [5, 5.41) is 30.1. The van der Waals surface area contributed by atoms with Crippen molar-refractivity contribution in [3.05, 3.63) is 94.1 Å². The van der Waals surface area contributed by atoms with Gasteiger partial charge in [-0.3, -0.25) is 19.4 Å². The number of nitrogens with zero attached hydrogens (tertiary/aromatic N) is 10. The third-order valence-corrected chi connectivity index (χ3v) is 19.6. The molecule has 15 rings (SSSR count). The number of nitrogens with one attached hydrogen (secondary N) is 1. The lowest BCUT2D eigenvalue weighted by Crippen LogP contribution is -2.51. The number of benzene rings is 4. The zero-order valence-corrected chi connectivity index (χ0v) is 45.4. The number of piperazine rings is 1. The molecule has 2 aromatic heterocycles. The Hall–Kier alpha value is -6.93. The number of rotatable bonds is 12. The number of amides is 2. The summed E-state index contributed by atoms with van der Waals surface area (Å²) in [5.74, 6) is 0.360. The second-order valence-electron chi connectivity index (χ2n) is 24.0. The zero-order valence-electron chi connectivity index (χ0n) is 45.4. The smallest absolute Gasteiger partial charge is 0.318 e. The van der Waals surface area contributed by atoms with Crippen LogP contribution in [0.2, 0.25) is 0 Å². The average Bonchev–Trinajstić information content (AvgIpc) is 4.36. The van der Waals surface area contributed by atoms with Crippen molar-refractivity contribution in [1.82, 2.24) is 35.1 Å². The van der Waals surface area contributed by atoms with E-state index in [9.17, 15) is 15.0 Å². The van der Waals surface area contributed by atoms with Crippen LogP contribution >= 0.6 is 0 Å². The minimum atomic E-state index is -0.392. The van der Waals surface area contributed by atoms with Crippen molar-refractivity contribution in [2.75, 3.05) is 91.8 Å². The molecule has 7 fully saturated rings. The van der Waals surface area contributed by atoms with E-state index in [1.165, 1.54) is 25.0 Å². The number of halogens is 1. The summed E-state index contributed by atoms with van der Waals surface area (Å²) in [6.45, 7) is 9.72. The highest BCUT2D eigenvalue weighted by atomic mass is 19.1. The van der Waals surface area contributed by atoms with Crippen LogP contribution in [0.15, 0.2) is 54.6 Å². The molecule has 416 valence electrons. The normalized spacial score (nSPS) is 25.3. The van der Waals surface area contributed by atoms with Crippen molar-refractivity contribution in [2.24, 2.45) is 0 Å². The monoisotopic (exact) mass is 1090 g/mol. The summed E-state index contributed by atoms with van der Waals surface area (Å²) >= 11 is 0. The Kier molecular flexibility index (Phi) is 12.1. The van der Waals surface area contributed by atoms with Crippen LogP contribution in [0.5, 0.6) is 23.5 Å². The van der Waals surface area contributed by atoms with Crippen molar-refractivity contribution in [2.45, 2.75) is 126 Å². The van der Waals surface area contributed by atoms with Crippen molar-refractivity contribution >= 4 is 56.4 Å². The van der Waals surface area contributed by atoms with Crippen LogP contribution in [0, 0.1) is 5.82 Å². The SMILES string of the molecule is CCc1c(F)ccc2cc(O)cc(N3Cc4nc(OCC56CCCN5C(c5c(O)cc(N7Cc8nc(OCC9%10CCCN9CCC%10)nc(N9CC%10CCC(C9)N%10)c8C7=O)c7ccccc57)CC6)nc(N5CCCOCC5)c4C3=O)c12. The molecule has 2 amide bonds. The molecule has 80 heavy (non-hydrogen) atoms. The summed E-state index contributed by atoms with van der Waals surface area (Å²) < 4.78 is 34.6. The van der Waals surface area contributed by atoms with Gasteiger partial charge >= 0.3 is 12.0 Å². The molecule has 11 heterocycles. The minimum Gasteiger partial charge on any atom is -0.508 e. The maximum absolute atomic E-state index is 15.4. The van der Waals surface area contributed by atoms with Gasteiger partial charge in [0.2, 0.25) is 0 Å². The molecule has 9 aliphatic heterocycles. The lowest BCUT2D eigenvalue weighted by molar-refractivity contribution is 0.0839. The highest BCUT2D eigenvalue weighted by Crippen LogP contribution is 2.54. The van der Waals surface area contributed by atoms with Crippen molar-refractivity contribution in [3.8, 4) is 23.5 Å². The van der Waals surface area contributed by atoms with Crippen LogP contribution in [-0.2, 0) is 24.2 Å². The Morgan fingerprint density at radius 1 is 0.700 bits per heavy atom. The van der Waals surface area contributed by atoms with E-state index < -0.39 is 5.54 Å². The van der Waals surface area contributed by atoms with Gasteiger partial charge in [0.05, 0.1) is 53.5 Å². The Morgan fingerprint density at radius 2 is 1.36 bits per heavy atom. The van der Waals surface area contributed by atoms with Gasteiger partial charge in [-0.05, 0) is 125 Å². The van der Waals surface area contributed by atoms with E-state index in [4.69, 9.17) is 34.1 Å². The molecule has 4 aromatic carbocycles. The number of fused-ring (bicyclic) bond motifs is 8. The molecule has 0 saturated carbocycles. The Labute approximate surface area is 463 Å². The van der Waals surface area contributed by atoms with E-state index in [-0.39, 0.29) is 59.8 Å². The van der Waals surface area contributed by atoms with E-state index in [2.05, 4.69) is 37.0 Å². The number of aromatic hydroxyl groups is 2. The Balaban J connectivity index is 0.725. The van der Waals surface area contributed by atoms with Gasteiger partial charge in [0.1, 0.15) is 53.3 Å². The first-order chi connectivity index (χ1) is 39.0. The number of phenolic OH excluding ortho intramolecular Hbond substituents is 2. The molecular formula is C61H68FN11O7. The second-order valence-corrected chi connectivity index (χ2v) is 24.0. The summed E-state index contributed by atoms with van der Waals surface area (Å²) in [5.41, 5.74) is 4.01. The van der Waals surface area contributed by atoms with Crippen molar-refractivity contribution < 1.29 is 38.4 Å². The highest BCUT2D eigenvalue weighted by molar-refractivity contribution is 6.17. The Bertz CT molecular complexity index is 3500. The standard InChI is InChI=1S/C61H68FN11O7/c1-2-40-43(62)14-11-36-27-39(74)28-48(50(36)40)72-33-45-52(57(72)77)54(68-20-8-25-78-26-24-68)66-58(65-45)80-35-61-18-7-23-73(61)46(15-19-61)51-42-10-4-3-9-41(42)47(29-49(51)75)71-32-44-53(56(71)76)55(69-30-37-12-13-38(31-69)63-37)67-59(64-44)79-34-60-16-5-21-70(60)22-6-17-60/h3-4,9-11,14,27-29,37-38,46,63,74-75H,2,5-8,12-13,15-26,30-35H2,1H3. The fourth-order valence-electron chi connectivity index (χ4n) is 15.9. The molecule has 9 aliphatic rings. The molecule has 3 N–H and O–H groups in total. The van der Waals surface area contributed by atoms with E-state index in [0.717, 1.165) is 107 Å². The number of carbonyl (C=O) groups is 2. The first-order valence-electron chi connectivity index (χ1n) is 29.3. The van der Waals surface area contributed by atoms with E-state index in [1.807, 2.05) is 19.1 Å². The molecule has 0 aliphatic carbocycles. The van der Waals surface area contributed by atoms with Crippen LogP contribution in [0.4, 0.5) is 27.4 Å². The number of aromatic nitrogens is 4. The molecule has 19 heteroatoms. The number of ether oxygens (including phenoxy) is 3. The fraction of sp³-hybridized carbons (Fsp3) is 0.508. The fourth-order valence-corrected chi connectivity index (χ4v) is 15.9. The number of hydrogen-bond acceptors (Lipinski definition) is 16. The molecule has 18 nitrogen and oxygen atoms in total. The summed E-state index contributed by atoms with van der Waals surface area (Å²) in [4.78, 5) is 62.8. The zero-order chi connectivity index (χ0) is 54.0. The van der Waals surface area contributed by atoms with Crippen LogP contribution in [0.1, 0.15) is 127 Å². The molecule has 4 unspecified atom stereocenters. The average molecular weight is 1090 g/mol. The number of aryl methyl sites for hydroxylation is 1. The third kappa shape index (κ3) is 8.06. The van der Waals surface area contributed by atoms with E-state index in [0.29, 0.717) is 126 Å². The minimum absolute atomic E-state index is 0.0178. The largest absolute Gasteiger partial charge is 0.508 e. The lowest BCUT2D eigenvalue weighted by Gasteiger charge is -2.35. The molecule has 6 aromatic rings. The molecule has 2 bridgehead atoms. The summed E-state index contributed by atoms with van der Waals surface area (Å²) in [6.07, 6.45) is 11.3. The molecule has 7 saturated heterocycles. The predicted octanol–water partition coefficient (Wildman–Crippen LogP) is 7.93. The van der Waals surface area contributed by atoms with Crippen molar-refractivity contribution in [1.29, 1.82) is 0 Å². The van der Waals surface area contributed by atoms with Crippen LogP contribution < -0.4 is 34.4 Å². The first-order valence-corrected chi connectivity index (χ1v) is 29.3. The maximum atomic E-state index is 15.4. The summed E-state index contributed by atoms with van der Waals surface area (Å²) in [6, 6.07) is 17.1. The first kappa shape index (κ1) is 50.1. The predicted molar refractivity (Wildman–Crippen MR) is 300 cm³/mol. The van der Waals surface area contributed by atoms with Gasteiger partial charge in [0.25, 0.3) is 11.8 Å².